The summed E-state index contributed by atoms with van der Waals surface area (Å²) >= 11 is 0. The second-order valence-electron chi connectivity index (χ2n) is 4.28. The Hall–Kier alpha value is -1.71. The predicted octanol–water partition coefficient (Wildman–Crippen LogP) is 0.711. The van der Waals surface area contributed by atoms with Gasteiger partial charge in [-0.15, -0.1) is 0 Å². The van der Waals surface area contributed by atoms with Gasteiger partial charge in [-0.2, -0.15) is 4.31 Å². The summed E-state index contributed by atoms with van der Waals surface area (Å²) in [6, 6.07) is 3.04. The maximum Gasteiger partial charge on any atom is 0.312 e. The number of phenolic OH excluding ortho intramolecular Hbond substituents is 1. The van der Waals surface area contributed by atoms with E-state index in [0.717, 1.165) is 18.2 Å². The topological polar surface area (TPSA) is 110 Å². The molecule has 110 valence electrons. The maximum absolute atomic E-state index is 12.4. The highest BCUT2D eigenvalue weighted by atomic mass is 32.2. The van der Waals surface area contributed by atoms with Crippen LogP contribution in [-0.4, -0.2) is 49.1 Å². The van der Waals surface area contributed by atoms with Gasteiger partial charge in [-0.25, -0.2) is 8.42 Å². The molecule has 1 aromatic rings. The van der Waals surface area contributed by atoms with Crippen molar-refractivity contribution in [3.63, 3.8) is 0 Å². The zero-order chi connectivity index (χ0) is 14.8. The van der Waals surface area contributed by atoms with Gasteiger partial charge in [0.2, 0.25) is 10.0 Å². The predicted molar refractivity (Wildman–Crippen MR) is 69.0 cm³/mol. The third kappa shape index (κ3) is 2.89. The van der Waals surface area contributed by atoms with Crippen molar-refractivity contribution in [2.24, 2.45) is 0 Å². The SMILES string of the molecule is O=[N+]([O-])c1cc(S(=O)(=O)N2CCCOCC2)ccc1O. The second-order valence-corrected chi connectivity index (χ2v) is 6.22. The Balaban J connectivity index is 2.38. The average Bonchev–Trinajstić information content (AvgIpc) is 2.67. The molecule has 1 fully saturated rings. The van der Waals surface area contributed by atoms with Crippen molar-refractivity contribution >= 4 is 15.7 Å². The van der Waals surface area contributed by atoms with Crippen molar-refractivity contribution in [1.82, 2.24) is 4.31 Å². The molecule has 0 amide bonds. The standard InChI is InChI=1S/C11H14N2O6S/c14-11-3-2-9(8-10(11)13(15)16)20(17,18)12-4-1-6-19-7-5-12/h2-3,8,14H,1,4-7H2. The number of nitro benzene ring substituents is 1. The molecule has 0 bridgehead atoms. The van der Waals surface area contributed by atoms with Gasteiger partial charge in [-0.05, 0) is 18.6 Å². The van der Waals surface area contributed by atoms with E-state index in [1.54, 1.807) is 0 Å². The summed E-state index contributed by atoms with van der Waals surface area (Å²) in [4.78, 5) is 9.73. The van der Waals surface area contributed by atoms with Crippen LogP contribution in [0.2, 0.25) is 0 Å². The van der Waals surface area contributed by atoms with Crippen LogP contribution in [0.1, 0.15) is 6.42 Å². The Morgan fingerprint density at radius 1 is 1.30 bits per heavy atom. The molecule has 0 radical (unpaired) electrons. The van der Waals surface area contributed by atoms with Crippen molar-refractivity contribution in [2.75, 3.05) is 26.3 Å². The van der Waals surface area contributed by atoms with Crippen LogP contribution in [0, 0.1) is 10.1 Å². The first-order valence-electron chi connectivity index (χ1n) is 5.98. The molecule has 2 rings (SSSR count). The Morgan fingerprint density at radius 2 is 2.05 bits per heavy atom. The minimum atomic E-state index is -3.82. The van der Waals surface area contributed by atoms with Gasteiger partial charge < -0.3 is 9.84 Å². The van der Waals surface area contributed by atoms with Crippen LogP contribution in [-0.2, 0) is 14.8 Å². The zero-order valence-corrected chi connectivity index (χ0v) is 11.4. The number of benzene rings is 1. The van der Waals surface area contributed by atoms with Gasteiger partial charge in [0, 0.05) is 25.8 Å². The largest absolute Gasteiger partial charge is 0.502 e. The number of phenols is 1. The second kappa shape index (κ2) is 5.73. The van der Waals surface area contributed by atoms with Gasteiger partial charge in [0.15, 0.2) is 5.75 Å². The molecule has 1 heterocycles. The van der Waals surface area contributed by atoms with Crippen LogP contribution in [0.15, 0.2) is 23.1 Å². The summed E-state index contributed by atoms with van der Waals surface area (Å²) in [5.41, 5.74) is -0.628. The summed E-state index contributed by atoms with van der Waals surface area (Å²) in [6.45, 7) is 1.29. The fourth-order valence-electron chi connectivity index (χ4n) is 1.92. The lowest BCUT2D eigenvalue weighted by Gasteiger charge is -2.19. The molecular formula is C11H14N2O6S. The summed E-state index contributed by atoms with van der Waals surface area (Å²) in [6.07, 6.45) is 0.569. The number of nitrogens with zero attached hydrogens (tertiary/aromatic N) is 2. The number of rotatable bonds is 3. The van der Waals surface area contributed by atoms with E-state index >= 15 is 0 Å². The third-order valence-electron chi connectivity index (χ3n) is 2.96. The summed E-state index contributed by atoms with van der Waals surface area (Å²) in [5.74, 6) is -0.562. The van der Waals surface area contributed by atoms with Gasteiger partial charge >= 0.3 is 5.69 Å². The van der Waals surface area contributed by atoms with Crippen molar-refractivity contribution < 1.29 is 23.2 Å². The third-order valence-corrected chi connectivity index (χ3v) is 4.86. The molecule has 1 aliphatic rings. The van der Waals surface area contributed by atoms with Crippen molar-refractivity contribution in [3.8, 4) is 5.75 Å². The Kier molecular flexibility index (Phi) is 4.21. The van der Waals surface area contributed by atoms with E-state index in [-0.39, 0.29) is 11.4 Å². The van der Waals surface area contributed by atoms with Crippen LogP contribution in [0.3, 0.4) is 0 Å². The molecule has 1 saturated heterocycles. The molecule has 0 aliphatic carbocycles. The van der Waals surface area contributed by atoms with E-state index in [9.17, 15) is 23.6 Å². The molecule has 0 unspecified atom stereocenters. The van der Waals surface area contributed by atoms with Crippen molar-refractivity contribution in [2.45, 2.75) is 11.3 Å². The van der Waals surface area contributed by atoms with E-state index in [1.165, 1.54) is 4.31 Å². The van der Waals surface area contributed by atoms with Crippen LogP contribution >= 0.6 is 0 Å². The summed E-state index contributed by atoms with van der Waals surface area (Å²) < 4.78 is 31.2. The number of aromatic hydroxyl groups is 1. The van der Waals surface area contributed by atoms with Crippen molar-refractivity contribution in [3.05, 3.63) is 28.3 Å². The highest BCUT2D eigenvalue weighted by molar-refractivity contribution is 7.89. The molecule has 20 heavy (non-hydrogen) atoms. The van der Waals surface area contributed by atoms with Crippen LogP contribution in [0.25, 0.3) is 0 Å². The quantitative estimate of drug-likeness (QED) is 0.650. The van der Waals surface area contributed by atoms with Gasteiger partial charge in [-0.3, -0.25) is 10.1 Å². The number of sulfonamides is 1. The molecule has 9 heteroatoms. The van der Waals surface area contributed by atoms with E-state index in [4.69, 9.17) is 4.74 Å². The minimum absolute atomic E-state index is 0.205. The molecule has 1 aromatic carbocycles. The van der Waals surface area contributed by atoms with Gasteiger partial charge in [0.25, 0.3) is 0 Å². The normalized spacial score (nSPS) is 17.6. The highest BCUT2D eigenvalue weighted by Gasteiger charge is 2.28. The lowest BCUT2D eigenvalue weighted by molar-refractivity contribution is -0.386. The minimum Gasteiger partial charge on any atom is -0.502 e. The van der Waals surface area contributed by atoms with E-state index in [2.05, 4.69) is 0 Å². The molecule has 0 saturated carbocycles. The number of ether oxygens (including phenoxy) is 1. The lowest BCUT2D eigenvalue weighted by Crippen LogP contribution is -2.33. The smallest absolute Gasteiger partial charge is 0.312 e. The number of hydrogen-bond donors (Lipinski definition) is 1. The molecule has 1 aliphatic heterocycles. The number of hydrogen-bond acceptors (Lipinski definition) is 6. The Bertz CT molecular complexity index is 607. The molecule has 1 N–H and O–H groups in total. The molecule has 0 aromatic heterocycles. The average molecular weight is 302 g/mol. The van der Waals surface area contributed by atoms with E-state index in [0.29, 0.717) is 26.2 Å². The first kappa shape index (κ1) is 14.7. The Labute approximate surface area is 115 Å². The highest BCUT2D eigenvalue weighted by Crippen LogP contribution is 2.29. The van der Waals surface area contributed by atoms with Gasteiger partial charge in [0.05, 0.1) is 16.4 Å². The van der Waals surface area contributed by atoms with Gasteiger partial charge in [0.1, 0.15) is 0 Å². The molecular weight excluding hydrogens is 288 g/mol. The Morgan fingerprint density at radius 3 is 2.75 bits per heavy atom. The fraction of sp³-hybridized carbons (Fsp3) is 0.455. The number of nitro groups is 1. The fourth-order valence-corrected chi connectivity index (χ4v) is 3.41. The monoisotopic (exact) mass is 302 g/mol. The zero-order valence-electron chi connectivity index (χ0n) is 10.6. The molecule has 0 spiro atoms. The van der Waals surface area contributed by atoms with E-state index in [1.807, 2.05) is 0 Å². The first-order valence-corrected chi connectivity index (χ1v) is 7.42. The van der Waals surface area contributed by atoms with E-state index < -0.39 is 26.4 Å². The summed E-state index contributed by atoms with van der Waals surface area (Å²) in [7, 11) is -3.82. The van der Waals surface area contributed by atoms with Crippen LogP contribution in [0.4, 0.5) is 5.69 Å². The molecule has 8 nitrogen and oxygen atoms in total. The summed E-state index contributed by atoms with van der Waals surface area (Å²) in [5, 5.41) is 20.1. The van der Waals surface area contributed by atoms with Gasteiger partial charge in [-0.1, -0.05) is 0 Å². The van der Waals surface area contributed by atoms with Crippen molar-refractivity contribution in [1.29, 1.82) is 0 Å². The van der Waals surface area contributed by atoms with Crippen LogP contribution in [0.5, 0.6) is 5.75 Å². The maximum atomic E-state index is 12.4. The molecule has 0 atom stereocenters. The lowest BCUT2D eigenvalue weighted by atomic mass is 10.3. The van der Waals surface area contributed by atoms with Crippen LogP contribution < -0.4 is 0 Å². The first-order chi connectivity index (χ1) is 9.43.